The second kappa shape index (κ2) is 6.91. The second-order valence-corrected chi connectivity index (χ2v) is 5.50. The van der Waals surface area contributed by atoms with Crippen LogP contribution in [-0.4, -0.2) is 37.0 Å². The number of ether oxygens (including phenoxy) is 1. The van der Waals surface area contributed by atoms with Gasteiger partial charge in [-0.2, -0.15) is 0 Å². The van der Waals surface area contributed by atoms with Crippen LogP contribution in [0.5, 0.6) is 5.75 Å². The molecule has 1 amide bonds. The van der Waals surface area contributed by atoms with Crippen molar-refractivity contribution in [2.75, 3.05) is 26.2 Å². The number of benzene rings is 1. The van der Waals surface area contributed by atoms with Gasteiger partial charge < -0.3 is 15.4 Å². The number of hydrogen-bond donors (Lipinski definition) is 1. The topological polar surface area (TPSA) is 55.6 Å². The molecular formula is C14H19BrN2O2. The van der Waals surface area contributed by atoms with Gasteiger partial charge in [-0.3, -0.25) is 4.79 Å². The van der Waals surface area contributed by atoms with Gasteiger partial charge in [-0.25, -0.2) is 0 Å². The average Bonchev–Trinajstić information content (AvgIpc) is 2.92. The summed E-state index contributed by atoms with van der Waals surface area (Å²) in [6.07, 6.45) is 2.94. The van der Waals surface area contributed by atoms with Crippen LogP contribution in [0.4, 0.5) is 0 Å². The number of amides is 1. The maximum absolute atomic E-state index is 12.0. The zero-order valence-electron chi connectivity index (χ0n) is 10.9. The molecule has 104 valence electrons. The largest absolute Gasteiger partial charge is 0.482 e. The fourth-order valence-electron chi connectivity index (χ4n) is 2.26. The van der Waals surface area contributed by atoms with Crippen molar-refractivity contribution < 1.29 is 9.53 Å². The first kappa shape index (κ1) is 14.3. The Hall–Kier alpha value is -1.07. The van der Waals surface area contributed by atoms with Crippen LogP contribution in [0.25, 0.3) is 0 Å². The van der Waals surface area contributed by atoms with Gasteiger partial charge in [-0.05, 0) is 53.4 Å². The summed E-state index contributed by atoms with van der Waals surface area (Å²) in [5, 5.41) is 0. The summed E-state index contributed by atoms with van der Waals surface area (Å²) in [6, 6.07) is 5.84. The zero-order chi connectivity index (χ0) is 13.7. The first-order valence-electron chi connectivity index (χ1n) is 6.60. The van der Waals surface area contributed by atoms with E-state index < -0.39 is 0 Å². The van der Waals surface area contributed by atoms with Crippen molar-refractivity contribution in [2.24, 2.45) is 5.73 Å². The van der Waals surface area contributed by atoms with E-state index in [4.69, 9.17) is 10.5 Å². The lowest BCUT2D eigenvalue weighted by atomic mass is 10.1. The lowest BCUT2D eigenvalue weighted by molar-refractivity contribution is -0.132. The number of hydrogen-bond acceptors (Lipinski definition) is 3. The van der Waals surface area contributed by atoms with E-state index in [1.165, 1.54) is 0 Å². The molecule has 1 heterocycles. The van der Waals surface area contributed by atoms with Gasteiger partial charge in [-0.15, -0.1) is 0 Å². The van der Waals surface area contributed by atoms with Crippen molar-refractivity contribution >= 4 is 21.8 Å². The SMILES string of the molecule is NCCc1cccc(Br)c1OCC(=O)N1CCCC1. The molecule has 5 heteroatoms. The van der Waals surface area contributed by atoms with E-state index in [2.05, 4.69) is 15.9 Å². The van der Waals surface area contributed by atoms with Crippen LogP contribution in [0, 0.1) is 0 Å². The van der Waals surface area contributed by atoms with Crippen molar-refractivity contribution in [2.45, 2.75) is 19.3 Å². The van der Waals surface area contributed by atoms with Crippen molar-refractivity contribution in [3.8, 4) is 5.75 Å². The average molecular weight is 327 g/mol. The molecule has 0 atom stereocenters. The lowest BCUT2D eigenvalue weighted by Gasteiger charge is -2.17. The molecule has 2 rings (SSSR count). The smallest absolute Gasteiger partial charge is 0.260 e. The Morgan fingerprint density at radius 1 is 1.37 bits per heavy atom. The maximum Gasteiger partial charge on any atom is 0.260 e. The van der Waals surface area contributed by atoms with Gasteiger partial charge >= 0.3 is 0 Å². The van der Waals surface area contributed by atoms with Crippen LogP contribution < -0.4 is 10.5 Å². The third kappa shape index (κ3) is 3.70. The van der Waals surface area contributed by atoms with Crippen LogP contribution >= 0.6 is 15.9 Å². The Morgan fingerprint density at radius 3 is 2.79 bits per heavy atom. The molecule has 0 bridgehead atoms. The van der Waals surface area contributed by atoms with E-state index in [9.17, 15) is 4.79 Å². The molecule has 4 nitrogen and oxygen atoms in total. The molecule has 1 fully saturated rings. The van der Waals surface area contributed by atoms with Crippen LogP contribution in [-0.2, 0) is 11.2 Å². The first-order valence-corrected chi connectivity index (χ1v) is 7.39. The van der Waals surface area contributed by atoms with Crippen molar-refractivity contribution in [3.63, 3.8) is 0 Å². The van der Waals surface area contributed by atoms with Crippen molar-refractivity contribution in [1.29, 1.82) is 0 Å². The predicted octanol–water partition coefficient (Wildman–Crippen LogP) is 1.95. The van der Waals surface area contributed by atoms with Crippen molar-refractivity contribution in [1.82, 2.24) is 4.90 Å². The highest BCUT2D eigenvalue weighted by Gasteiger charge is 2.19. The summed E-state index contributed by atoms with van der Waals surface area (Å²) in [6.45, 7) is 2.37. The van der Waals surface area contributed by atoms with Gasteiger partial charge in [0.05, 0.1) is 4.47 Å². The fraction of sp³-hybridized carbons (Fsp3) is 0.500. The fourth-order valence-corrected chi connectivity index (χ4v) is 2.78. The molecule has 1 aromatic rings. The summed E-state index contributed by atoms with van der Waals surface area (Å²) >= 11 is 3.46. The number of carbonyl (C=O) groups is 1. The highest BCUT2D eigenvalue weighted by Crippen LogP contribution is 2.29. The zero-order valence-corrected chi connectivity index (χ0v) is 12.5. The summed E-state index contributed by atoms with van der Waals surface area (Å²) in [5.41, 5.74) is 6.62. The van der Waals surface area contributed by atoms with Crippen LogP contribution in [0.3, 0.4) is 0 Å². The third-order valence-electron chi connectivity index (χ3n) is 3.26. The summed E-state index contributed by atoms with van der Waals surface area (Å²) in [7, 11) is 0. The molecule has 0 saturated carbocycles. The van der Waals surface area contributed by atoms with E-state index in [-0.39, 0.29) is 12.5 Å². The third-order valence-corrected chi connectivity index (χ3v) is 3.89. The van der Waals surface area contributed by atoms with Crippen LogP contribution in [0.15, 0.2) is 22.7 Å². The predicted molar refractivity (Wildman–Crippen MR) is 78.2 cm³/mol. The molecule has 19 heavy (non-hydrogen) atoms. The van der Waals surface area contributed by atoms with E-state index >= 15 is 0 Å². The Balaban J connectivity index is 1.99. The molecule has 0 unspecified atom stereocenters. The Bertz CT molecular complexity index is 445. The molecule has 1 aromatic carbocycles. The normalized spacial score (nSPS) is 14.7. The molecule has 0 aromatic heterocycles. The number of carbonyl (C=O) groups excluding carboxylic acids is 1. The molecule has 0 radical (unpaired) electrons. The molecule has 1 aliphatic heterocycles. The lowest BCUT2D eigenvalue weighted by Crippen LogP contribution is -2.32. The number of halogens is 1. The highest BCUT2D eigenvalue weighted by atomic mass is 79.9. The molecule has 2 N–H and O–H groups in total. The summed E-state index contributed by atoms with van der Waals surface area (Å²) in [4.78, 5) is 13.8. The first-order chi connectivity index (χ1) is 9.22. The standard InChI is InChI=1S/C14H19BrN2O2/c15-12-5-3-4-11(6-7-16)14(12)19-10-13(18)17-8-1-2-9-17/h3-5H,1-2,6-10,16H2. The minimum atomic E-state index is 0.0620. The van der Waals surface area contributed by atoms with Gasteiger partial charge in [0, 0.05) is 13.1 Å². The Labute approximate surface area is 122 Å². The molecule has 0 aliphatic carbocycles. The Kier molecular flexibility index (Phi) is 5.22. The molecule has 1 saturated heterocycles. The molecule has 1 aliphatic rings. The van der Waals surface area contributed by atoms with Gasteiger partial charge in [0.15, 0.2) is 6.61 Å². The second-order valence-electron chi connectivity index (χ2n) is 4.64. The van der Waals surface area contributed by atoms with E-state index in [1.807, 2.05) is 23.1 Å². The minimum Gasteiger partial charge on any atom is -0.482 e. The highest BCUT2D eigenvalue weighted by molar-refractivity contribution is 9.10. The molecule has 0 spiro atoms. The number of nitrogens with zero attached hydrogens (tertiary/aromatic N) is 1. The summed E-state index contributed by atoms with van der Waals surface area (Å²) in [5.74, 6) is 0.799. The number of rotatable bonds is 5. The van der Waals surface area contributed by atoms with Gasteiger partial charge in [-0.1, -0.05) is 12.1 Å². The number of nitrogens with two attached hydrogens (primary N) is 1. The maximum atomic E-state index is 12.0. The van der Waals surface area contributed by atoms with Gasteiger partial charge in [0.2, 0.25) is 0 Å². The summed E-state index contributed by atoms with van der Waals surface area (Å²) < 4.78 is 6.57. The van der Waals surface area contributed by atoms with Crippen LogP contribution in [0.1, 0.15) is 18.4 Å². The van der Waals surface area contributed by atoms with E-state index in [0.717, 1.165) is 48.1 Å². The quantitative estimate of drug-likeness (QED) is 0.899. The van der Waals surface area contributed by atoms with Crippen molar-refractivity contribution in [3.05, 3.63) is 28.2 Å². The number of likely N-dealkylation sites (tertiary alicyclic amines) is 1. The van der Waals surface area contributed by atoms with Crippen LogP contribution in [0.2, 0.25) is 0 Å². The Morgan fingerprint density at radius 2 is 2.11 bits per heavy atom. The monoisotopic (exact) mass is 326 g/mol. The number of para-hydroxylation sites is 1. The van der Waals surface area contributed by atoms with Gasteiger partial charge in [0.1, 0.15) is 5.75 Å². The minimum absolute atomic E-state index is 0.0620. The van der Waals surface area contributed by atoms with E-state index in [1.54, 1.807) is 0 Å². The van der Waals surface area contributed by atoms with E-state index in [0.29, 0.717) is 6.54 Å². The van der Waals surface area contributed by atoms with Gasteiger partial charge in [0.25, 0.3) is 5.91 Å². The molecular weight excluding hydrogens is 308 g/mol.